The van der Waals surface area contributed by atoms with Crippen molar-refractivity contribution in [3.8, 4) is 0 Å². The first kappa shape index (κ1) is 15.7. The van der Waals surface area contributed by atoms with Crippen molar-refractivity contribution in [2.24, 2.45) is 7.05 Å². The molecule has 0 aliphatic heterocycles. The largest absolute Gasteiger partial charge is 0.310 e. The second kappa shape index (κ2) is 6.85. The Morgan fingerprint density at radius 2 is 2.10 bits per heavy atom. The molecule has 2 aromatic rings. The van der Waals surface area contributed by atoms with Crippen molar-refractivity contribution in [3.05, 3.63) is 52.6 Å². The molecule has 1 heterocycles. The lowest BCUT2D eigenvalue weighted by atomic mass is 9.96. The van der Waals surface area contributed by atoms with Crippen LogP contribution in [0, 0.1) is 19.7 Å². The van der Waals surface area contributed by atoms with Gasteiger partial charge in [0.1, 0.15) is 5.82 Å². The molecule has 4 heteroatoms. The zero-order valence-electron chi connectivity index (χ0n) is 13.3. The minimum atomic E-state index is -0.173. The van der Waals surface area contributed by atoms with Crippen LogP contribution in [0.15, 0.2) is 24.4 Å². The van der Waals surface area contributed by atoms with Crippen molar-refractivity contribution < 1.29 is 4.39 Å². The maximum absolute atomic E-state index is 13.5. The molecule has 0 aliphatic rings. The molecule has 0 radical (unpaired) electrons. The van der Waals surface area contributed by atoms with Crippen LogP contribution in [0.4, 0.5) is 4.39 Å². The van der Waals surface area contributed by atoms with Crippen LogP contribution in [-0.2, 0) is 13.5 Å². The second-order valence-corrected chi connectivity index (χ2v) is 5.63. The lowest BCUT2D eigenvalue weighted by Crippen LogP contribution is -2.24. The molecule has 0 saturated carbocycles. The van der Waals surface area contributed by atoms with E-state index in [1.54, 1.807) is 6.07 Å². The highest BCUT2D eigenvalue weighted by molar-refractivity contribution is 5.30. The van der Waals surface area contributed by atoms with Crippen LogP contribution in [-0.4, -0.2) is 16.3 Å². The van der Waals surface area contributed by atoms with Gasteiger partial charge in [-0.25, -0.2) is 4.39 Å². The highest BCUT2D eigenvalue weighted by Gasteiger charge is 2.17. The molecule has 114 valence electrons. The van der Waals surface area contributed by atoms with E-state index >= 15 is 0 Å². The average Bonchev–Trinajstić information content (AvgIpc) is 2.77. The van der Waals surface area contributed by atoms with E-state index in [0.29, 0.717) is 0 Å². The van der Waals surface area contributed by atoms with E-state index in [2.05, 4.69) is 23.5 Å². The molecule has 1 aromatic carbocycles. The molecule has 3 nitrogen and oxygen atoms in total. The SMILES string of the molecule is CCCNC(Cc1cc(F)ccc1C)c1cn(C)nc1C. The van der Waals surface area contributed by atoms with Gasteiger partial charge in [-0.2, -0.15) is 5.10 Å². The second-order valence-electron chi connectivity index (χ2n) is 5.63. The van der Waals surface area contributed by atoms with Crippen molar-refractivity contribution >= 4 is 0 Å². The summed E-state index contributed by atoms with van der Waals surface area (Å²) in [5, 5.41) is 7.98. The van der Waals surface area contributed by atoms with Crippen LogP contribution < -0.4 is 5.32 Å². The summed E-state index contributed by atoms with van der Waals surface area (Å²) in [6.45, 7) is 7.14. The molecular formula is C17H24FN3. The summed E-state index contributed by atoms with van der Waals surface area (Å²) in [5.41, 5.74) is 4.39. The number of hydrogen-bond acceptors (Lipinski definition) is 2. The van der Waals surface area contributed by atoms with E-state index in [-0.39, 0.29) is 11.9 Å². The van der Waals surface area contributed by atoms with Gasteiger partial charge < -0.3 is 5.32 Å². The Hall–Kier alpha value is -1.68. The molecule has 0 spiro atoms. The van der Waals surface area contributed by atoms with Crippen molar-refractivity contribution in [3.63, 3.8) is 0 Å². The van der Waals surface area contributed by atoms with E-state index in [9.17, 15) is 4.39 Å². The monoisotopic (exact) mass is 289 g/mol. The molecular weight excluding hydrogens is 265 g/mol. The Kier molecular flexibility index (Phi) is 5.12. The fraction of sp³-hybridized carbons (Fsp3) is 0.471. The summed E-state index contributed by atoms with van der Waals surface area (Å²) < 4.78 is 15.3. The average molecular weight is 289 g/mol. The van der Waals surface area contributed by atoms with Crippen molar-refractivity contribution in [1.82, 2.24) is 15.1 Å². The number of rotatable bonds is 6. The molecule has 1 unspecified atom stereocenters. The normalized spacial score (nSPS) is 12.6. The van der Waals surface area contributed by atoms with Crippen molar-refractivity contribution in [2.45, 2.75) is 39.7 Å². The Balaban J connectivity index is 2.28. The van der Waals surface area contributed by atoms with Crippen LogP contribution in [0.3, 0.4) is 0 Å². The van der Waals surface area contributed by atoms with Gasteiger partial charge in [-0.3, -0.25) is 4.68 Å². The molecule has 1 N–H and O–H groups in total. The van der Waals surface area contributed by atoms with Crippen LogP contribution in [0.1, 0.15) is 41.8 Å². The summed E-state index contributed by atoms with van der Waals surface area (Å²) in [6.07, 6.45) is 3.89. The summed E-state index contributed by atoms with van der Waals surface area (Å²) in [5.74, 6) is -0.173. The number of hydrogen-bond donors (Lipinski definition) is 1. The number of aryl methyl sites for hydroxylation is 3. The lowest BCUT2D eigenvalue weighted by molar-refractivity contribution is 0.524. The van der Waals surface area contributed by atoms with Gasteiger partial charge >= 0.3 is 0 Å². The number of aromatic nitrogens is 2. The molecule has 2 rings (SSSR count). The first-order valence-electron chi connectivity index (χ1n) is 7.49. The molecule has 1 aromatic heterocycles. The van der Waals surface area contributed by atoms with E-state index in [1.165, 1.54) is 11.6 Å². The van der Waals surface area contributed by atoms with Gasteiger partial charge in [-0.05, 0) is 56.5 Å². The fourth-order valence-corrected chi connectivity index (χ4v) is 2.65. The Labute approximate surface area is 126 Å². The van der Waals surface area contributed by atoms with Crippen LogP contribution >= 0.6 is 0 Å². The molecule has 1 atom stereocenters. The van der Waals surface area contributed by atoms with Crippen LogP contribution in [0.2, 0.25) is 0 Å². The smallest absolute Gasteiger partial charge is 0.123 e. The number of halogens is 1. The first-order chi connectivity index (χ1) is 10.0. The van der Waals surface area contributed by atoms with E-state index in [0.717, 1.165) is 36.2 Å². The third-order valence-electron chi connectivity index (χ3n) is 3.80. The predicted molar refractivity (Wildman–Crippen MR) is 83.8 cm³/mol. The van der Waals surface area contributed by atoms with Crippen LogP contribution in [0.5, 0.6) is 0 Å². The summed E-state index contributed by atoms with van der Waals surface area (Å²) in [7, 11) is 1.93. The van der Waals surface area contributed by atoms with Gasteiger partial charge in [0.15, 0.2) is 0 Å². The fourth-order valence-electron chi connectivity index (χ4n) is 2.65. The van der Waals surface area contributed by atoms with E-state index in [1.807, 2.05) is 31.6 Å². The number of nitrogens with zero attached hydrogens (tertiary/aromatic N) is 2. The summed E-state index contributed by atoms with van der Waals surface area (Å²) in [4.78, 5) is 0. The number of benzene rings is 1. The van der Waals surface area contributed by atoms with Crippen LogP contribution in [0.25, 0.3) is 0 Å². The van der Waals surface area contributed by atoms with Gasteiger partial charge in [-0.15, -0.1) is 0 Å². The minimum Gasteiger partial charge on any atom is -0.310 e. The third kappa shape index (κ3) is 3.91. The summed E-state index contributed by atoms with van der Waals surface area (Å²) >= 11 is 0. The topological polar surface area (TPSA) is 29.9 Å². The third-order valence-corrected chi connectivity index (χ3v) is 3.80. The standard InChI is InChI=1S/C17H24FN3/c1-5-8-19-17(16-11-21(4)20-13(16)3)10-14-9-15(18)7-6-12(14)2/h6-7,9,11,17,19H,5,8,10H2,1-4H3. The number of nitrogens with one attached hydrogen (secondary N) is 1. The molecule has 0 fully saturated rings. The Morgan fingerprint density at radius 3 is 2.71 bits per heavy atom. The van der Waals surface area contributed by atoms with Gasteiger partial charge in [-0.1, -0.05) is 13.0 Å². The molecule has 0 aliphatic carbocycles. The first-order valence-corrected chi connectivity index (χ1v) is 7.49. The molecule has 0 saturated heterocycles. The van der Waals surface area contributed by atoms with E-state index < -0.39 is 0 Å². The lowest BCUT2D eigenvalue weighted by Gasteiger charge is -2.19. The maximum atomic E-state index is 13.5. The molecule has 0 amide bonds. The zero-order chi connectivity index (χ0) is 15.4. The minimum absolute atomic E-state index is 0.166. The molecule has 21 heavy (non-hydrogen) atoms. The van der Waals surface area contributed by atoms with Crippen molar-refractivity contribution in [1.29, 1.82) is 0 Å². The molecule has 0 bridgehead atoms. The predicted octanol–water partition coefficient (Wildman–Crippen LogP) is 3.46. The van der Waals surface area contributed by atoms with E-state index in [4.69, 9.17) is 0 Å². The summed E-state index contributed by atoms with van der Waals surface area (Å²) in [6, 6.07) is 5.17. The maximum Gasteiger partial charge on any atom is 0.123 e. The van der Waals surface area contributed by atoms with Crippen molar-refractivity contribution in [2.75, 3.05) is 6.54 Å². The van der Waals surface area contributed by atoms with Gasteiger partial charge in [0.25, 0.3) is 0 Å². The highest BCUT2D eigenvalue weighted by atomic mass is 19.1. The Morgan fingerprint density at radius 1 is 1.33 bits per heavy atom. The highest BCUT2D eigenvalue weighted by Crippen LogP contribution is 2.23. The van der Waals surface area contributed by atoms with Gasteiger partial charge in [0.05, 0.1) is 5.69 Å². The van der Waals surface area contributed by atoms with Gasteiger partial charge in [0.2, 0.25) is 0 Å². The zero-order valence-corrected chi connectivity index (χ0v) is 13.3. The Bertz CT molecular complexity index is 604. The van der Waals surface area contributed by atoms with Gasteiger partial charge in [0, 0.05) is 24.8 Å². The quantitative estimate of drug-likeness (QED) is 0.882.